The number of aromatic nitrogens is 2. The number of hydrogen-bond donors (Lipinski definition) is 0. The zero-order chi connectivity index (χ0) is 23.3. The third-order valence-corrected chi connectivity index (χ3v) is 7.65. The Kier molecular flexibility index (Phi) is 7.10. The largest absolute Gasteiger partial charge is 0.493 e. The molecule has 1 aromatic heterocycles. The first-order valence-electron chi connectivity index (χ1n) is 10.8. The van der Waals surface area contributed by atoms with Crippen molar-refractivity contribution in [3.05, 3.63) is 66.2 Å². The fourth-order valence-corrected chi connectivity index (χ4v) is 5.33. The number of sulfonamides is 1. The van der Waals surface area contributed by atoms with Crippen LogP contribution in [0.15, 0.2) is 60.7 Å². The van der Waals surface area contributed by atoms with E-state index in [1.54, 1.807) is 18.5 Å². The normalized spacial score (nSPS) is 14.8. The molecule has 0 unspecified atom stereocenters. The lowest BCUT2D eigenvalue weighted by molar-refractivity contribution is 0.355. The molecule has 0 spiro atoms. The van der Waals surface area contributed by atoms with E-state index >= 15 is 0 Å². The van der Waals surface area contributed by atoms with Crippen molar-refractivity contribution in [2.24, 2.45) is 0 Å². The van der Waals surface area contributed by atoms with Crippen LogP contribution in [0.1, 0.15) is 5.56 Å². The molecule has 2 heterocycles. The Bertz CT molecular complexity index is 1160. The van der Waals surface area contributed by atoms with Crippen LogP contribution in [0.3, 0.4) is 0 Å². The maximum Gasteiger partial charge on any atom is 0.214 e. The molecule has 2 aromatic carbocycles. The van der Waals surface area contributed by atoms with Crippen LogP contribution in [0.4, 0.5) is 5.82 Å². The summed E-state index contributed by atoms with van der Waals surface area (Å²) in [7, 11) is -0.101. The fourth-order valence-electron chi connectivity index (χ4n) is 3.86. The minimum absolute atomic E-state index is 0.122. The first-order chi connectivity index (χ1) is 16.0. The van der Waals surface area contributed by atoms with Crippen LogP contribution < -0.4 is 14.4 Å². The summed E-state index contributed by atoms with van der Waals surface area (Å²) in [5, 5.41) is 8.74. The van der Waals surface area contributed by atoms with Crippen molar-refractivity contribution in [1.82, 2.24) is 14.5 Å². The van der Waals surface area contributed by atoms with Gasteiger partial charge in [0, 0.05) is 31.7 Å². The monoisotopic (exact) mass is 468 g/mol. The molecule has 0 radical (unpaired) electrons. The van der Waals surface area contributed by atoms with Gasteiger partial charge in [0.1, 0.15) is 0 Å². The highest BCUT2D eigenvalue weighted by molar-refractivity contribution is 7.89. The summed E-state index contributed by atoms with van der Waals surface area (Å²) in [5.74, 6) is 2.14. The van der Waals surface area contributed by atoms with E-state index in [0.717, 1.165) is 22.6 Å². The lowest BCUT2D eigenvalue weighted by atomic mass is 10.1. The average Bonchev–Trinajstić information content (AvgIpc) is 2.88. The van der Waals surface area contributed by atoms with Gasteiger partial charge >= 0.3 is 0 Å². The standard InChI is InChI=1S/C24H28N4O4S/c1-31-22-10-8-20(18-23(22)32-2)21-9-11-24(26-25-21)27-13-15-28(16-14-27)33(29,30)17-12-19-6-4-3-5-7-19/h3-11,18H,12-17H2,1-2H3. The molecule has 9 heteroatoms. The number of nitrogens with zero attached hydrogens (tertiary/aromatic N) is 4. The van der Waals surface area contributed by atoms with Crippen LogP contribution in [0.25, 0.3) is 11.3 Å². The second-order valence-electron chi connectivity index (χ2n) is 7.78. The Balaban J connectivity index is 1.36. The molecule has 174 valence electrons. The van der Waals surface area contributed by atoms with Gasteiger partial charge in [-0.25, -0.2) is 8.42 Å². The van der Waals surface area contributed by atoms with Gasteiger partial charge in [-0.15, -0.1) is 10.2 Å². The molecule has 0 atom stereocenters. The molecule has 3 aromatic rings. The van der Waals surface area contributed by atoms with E-state index in [1.165, 1.54) is 0 Å². The van der Waals surface area contributed by atoms with Crippen molar-refractivity contribution in [2.75, 3.05) is 51.1 Å². The van der Waals surface area contributed by atoms with Gasteiger partial charge in [-0.05, 0) is 42.3 Å². The number of benzene rings is 2. The van der Waals surface area contributed by atoms with Gasteiger partial charge in [0.25, 0.3) is 0 Å². The van der Waals surface area contributed by atoms with E-state index in [2.05, 4.69) is 15.1 Å². The molecule has 1 saturated heterocycles. The number of methoxy groups -OCH3 is 2. The molecule has 1 aliphatic heterocycles. The number of ether oxygens (including phenoxy) is 2. The highest BCUT2D eigenvalue weighted by atomic mass is 32.2. The lowest BCUT2D eigenvalue weighted by Gasteiger charge is -2.34. The molecular formula is C24H28N4O4S. The van der Waals surface area contributed by atoms with E-state index in [4.69, 9.17) is 9.47 Å². The Morgan fingerprint density at radius 1 is 0.848 bits per heavy atom. The van der Waals surface area contributed by atoms with Crippen LogP contribution >= 0.6 is 0 Å². The van der Waals surface area contributed by atoms with Crippen molar-refractivity contribution in [3.63, 3.8) is 0 Å². The molecule has 1 fully saturated rings. The van der Waals surface area contributed by atoms with Crippen molar-refractivity contribution < 1.29 is 17.9 Å². The van der Waals surface area contributed by atoms with Gasteiger partial charge < -0.3 is 14.4 Å². The number of piperazine rings is 1. The summed E-state index contributed by atoms with van der Waals surface area (Å²) >= 11 is 0. The van der Waals surface area contributed by atoms with Crippen LogP contribution in [-0.2, 0) is 16.4 Å². The first-order valence-corrected chi connectivity index (χ1v) is 12.4. The second-order valence-corrected chi connectivity index (χ2v) is 9.87. The average molecular weight is 469 g/mol. The fraction of sp³-hybridized carbons (Fsp3) is 0.333. The van der Waals surface area contributed by atoms with Crippen molar-refractivity contribution in [2.45, 2.75) is 6.42 Å². The Hall–Kier alpha value is -3.17. The molecule has 0 N–H and O–H groups in total. The number of hydrogen-bond acceptors (Lipinski definition) is 7. The Morgan fingerprint density at radius 2 is 1.58 bits per heavy atom. The minimum Gasteiger partial charge on any atom is -0.493 e. The summed E-state index contributed by atoms with van der Waals surface area (Å²) in [6.45, 7) is 2.04. The summed E-state index contributed by atoms with van der Waals surface area (Å²) in [4.78, 5) is 2.06. The number of anilines is 1. The molecule has 0 aliphatic carbocycles. The highest BCUT2D eigenvalue weighted by Gasteiger charge is 2.27. The van der Waals surface area contributed by atoms with Gasteiger partial charge in [-0.1, -0.05) is 30.3 Å². The van der Waals surface area contributed by atoms with Crippen LogP contribution in [0.2, 0.25) is 0 Å². The number of aryl methyl sites for hydroxylation is 1. The predicted molar refractivity (Wildman–Crippen MR) is 128 cm³/mol. The van der Waals surface area contributed by atoms with Crippen LogP contribution in [-0.4, -0.2) is 69.1 Å². The molecule has 4 rings (SSSR count). The summed E-state index contributed by atoms with van der Waals surface area (Å²) in [6.07, 6.45) is 0.520. The summed E-state index contributed by atoms with van der Waals surface area (Å²) in [5.41, 5.74) is 2.63. The quantitative estimate of drug-likeness (QED) is 0.503. The first kappa shape index (κ1) is 23.0. The molecule has 0 amide bonds. The topological polar surface area (TPSA) is 84.9 Å². The van der Waals surface area contributed by atoms with E-state index in [-0.39, 0.29) is 5.75 Å². The minimum atomic E-state index is -3.29. The molecular weight excluding hydrogens is 440 g/mol. The predicted octanol–water partition coefficient (Wildman–Crippen LogP) is 2.86. The van der Waals surface area contributed by atoms with Crippen molar-refractivity contribution in [1.29, 1.82) is 0 Å². The third kappa shape index (κ3) is 5.43. The van der Waals surface area contributed by atoms with Crippen molar-refractivity contribution in [3.8, 4) is 22.8 Å². The van der Waals surface area contributed by atoms with Crippen molar-refractivity contribution >= 4 is 15.8 Å². The zero-order valence-corrected chi connectivity index (χ0v) is 19.7. The van der Waals surface area contributed by atoms with Gasteiger partial charge in [0.15, 0.2) is 17.3 Å². The van der Waals surface area contributed by atoms with E-state index in [9.17, 15) is 8.42 Å². The molecule has 0 saturated carbocycles. The van der Waals surface area contributed by atoms with E-state index in [1.807, 2.05) is 60.7 Å². The van der Waals surface area contributed by atoms with Gasteiger partial charge in [-0.2, -0.15) is 4.31 Å². The number of rotatable bonds is 8. The highest BCUT2D eigenvalue weighted by Crippen LogP contribution is 2.31. The van der Waals surface area contributed by atoms with E-state index < -0.39 is 10.0 Å². The third-order valence-electron chi connectivity index (χ3n) is 5.78. The smallest absolute Gasteiger partial charge is 0.214 e. The Morgan fingerprint density at radius 3 is 2.21 bits per heavy atom. The zero-order valence-electron chi connectivity index (χ0n) is 18.8. The molecule has 8 nitrogen and oxygen atoms in total. The molecule has 33 heavy (non-hydrogen) atoms. The van der Waals surface area contributed by atoms with Gasteiger partial charge in [0.2, 0.25) is 10.0 Å². The lowest BCUT2D eigenvalue weighted by Crippen LogP contribution is -2.49. The van der Waals surface area contributed by atoms with Crippen LogP contribution in [0, 0.1) is 0 Å². The summed E-state index contributed by atoms with van der Waals surface area (Å²) < 4.78 is 37.7. The summed E-state index contributed by atoms with van der Waals surface area (Å²) in [6, 6.07) is 19.1. The Labute approximate surface area is 194 Å². The van der Waals surface area contributed by atoms with Gasteiger partial charge in [0.05, 0.1) is 25.7 Å². The maximum atomic E-state index is 12.8. The SMILES string of the molecule is COc1ccc(-c2ccc(N3CCN(S(=O)(=O)CCc4ccccc4)CC3)nn2)cc1OC. The second kappa shape index (κ2) is 10.2. The van der Waals surface area contributed by atoms with Gasteiger partial charge in [-0.3, -0.25) is 0 Å². The van der Waals surface area contributed by atoms with Crippen LogP contribution in [0.5, 0.6) is 11.5 Å². The molecule has 1 aliphatic rings. The maximum absolute atomic E-state index is 12.8. The molecule has 0 bridgehead atoms. The van der Waals surface area contributed by atoms with E-state index in [0.29, 0.717) is 44.1 Å².